The van der Waals surface area contributed by atoms with Crippen molar-refractivity contribution in [2.75, 3.05) is 19.0 Å². The molecule has 46 heavy (non-hydrogen) atoms. The molecule has 1 heterocycles. The fraction of sp³-hybridized carbons (Fsp3) is 0.231. The Bertz CT molecular complexity index is 1820. The number of methoxy groups -OCH3 is 1. The summed E-state index contributed by atoms with van der Waals surface area (Å²) in [6.07, 6.45) is 14.0. The second-order valence-electron chi connectivity index (χ2n) is 11.8. The van der Waals surface area contributed by atoms with Gasteiger partial charge in [0, 0.05) is 34.6 Å². The molecular weight excluding hydrogens is 613 g/mol. The van der Waals surface area contributed by atoms with Crippen LogP contribution in [-0.4, -0.2) is 29.2 Å². The molecule has 0 bridgehead atoms. The van der Waals surface area contributed by atoms with Gasteiger partial charge in [-0.1, -0.05) is 109 Å². The van der Waals surface area contributed by atoms with Gasteiger partial charge in [0.05, 0.1) is 17.8 Å². The zero-order chi connectivity index (χ0) is 31.9. The summed E-state index contributed by atoms with van der Waals surface area (Å²) in [5, 5.41) is 4.24. The van der Waals surface area contributed by atoms with Gasteiger partial charge in [-0.25, -0.2) is 4.98 Å². The van der Waals surface area contributed by atoms with Gasteiger partial charge in [0.2, 0.25) is 0 Å². The van der Waals surface area contributed by atoms with Crippen LogP contribution in [0, 0.1) is 5.92 Å². The molecular formula is C39H37Cl2N3O2. The number of halogens is 2. The molecule has 1 aliphatic carbocycles. The number of imidazole rings is 1. The Labute approximate surface area is 280 Å². The number of anilines is 1. The minimum absolute atomic E-state index is 0.0780. The molecule has 0 radical (unpaired) electrons. The third-order valence-electron chi connectivity index (χ3n) is 8.55. The maximum atomic E-state index is 11.7. The van der Waals surface area contributed by atoms with Crippen LogP contribution in [0.25, 0.3) is 34.1 Å². The zero-order valence-corrected chi connectivity index (χ0v) is 27.4. The van der Waals surface area contributed by atoms with E-state index < -0.39 is 0 Å². The van der Waals surface area contributed by atoms with Crippen LogP contribution in [0.3, 0.4) is 0 Å². The number of ether oxygens (including phenoxy) is 1. The number of hydrogen-bond donors (Lipinski definition) is 1. The van der Waals surface area contributed by atoms with E-state index in [0.717, 1.165) is 39.9 Å². The third kappa shape index (κ3) is 7.90. The van der Waals surface area contributed by atoms with Gasteiger partial charge in [-0.05, 0) is 77.4 Å². The molecule has 0 atom stereocenters. The number of nitrogens with zero attached hydrogens (tertiary/aromatic N) is 2. The van der Waals surface area contributed by atoms with Gasteiger partial charge in [0.25, 0.3) is 0 Å². The molecule has 5 aromatic rings. The molecule has 0 aliphatic heterocycles. The molecule has 7 heteroatoms. The molecule has 0 saturated heterocycles. The normalized spacial score (nSPS) is 13.6. The van der Waals surface area contributed by atoms with Crippen LogP contribution in [-0.2, 0) is 16.0 Å². The van der Waals surface area contributed by atoms with Gasteiger partial charge in [-0.3, -0.25) is 4.79 Å². The molecule has 1 fully saturated rings. The number of nitrogens with one attached hydrogen (secondary N) is 1. The average molecular weight is 651 g/mol. The number of aromatic nitrogens is 2. The number of hydrogen-bond acceptors (Lipinski definition) is 4. The van der Waals surface area contributed by atoms with Crippen molar-refractivity contribution in [1.29, 1.82) is 0 Å². The van der Waals surface area contributed by atoms with Gasteiger partial charge >= 0.3 is 5.97 Å². The van der Waals surface area contributed by atoms with E-state index in [1.165, 1.54) is 55.9 Å². The predicted octanol–water partition coefficient (Wildman–Crippen LogP) is 10.3. The highest BCUT2D eigenvalue weighted by atomic mass is 35.5. The molecule has 0 unspecified atom stereocenters. The first kappa shape index (κ1) is 31.7. The lowest BCUT2D eigenvalue weighted by atomic mass is 9.88. The summed E-state index contributed by atoms with van der Waals surface area (Å²) in [6, 6.07) is 30.8. The van der Waals surface area contributed by atoms with Crippen molar-refractivity contribution in [3.63, 3.8) is 0 Å². The molecule has 0 amide bonds. The first-order chi connectivity index (χ1) is 22.4. The topological polar surface area (TPSA) is 56.1 Å². The minimum atomic E-state index is -0.334. The molecule has 5 nitrogen and oxygen atoms in total. The summed E-state index contributed by atoms with van der Waals surface area (Å²) >= 11 is 12.8. The molecule has 0 spiro atoms. The summed E-state index contributed by atoms with van der Waals surface area (Å²) in [5.41, 5.74) is 8.01. The lowest BCUT2D eigenvalue weighted by molar-refractivity contribution is -0.138. The first-order valence-electron chi connectivity index (χ1n) is 15.8. The highest BCUT2D eigenvalue weighted by Gasteiger charge is 2.16. The summed E-state index contributed by atoms with van der Waals surface area (Å²) in [4.78, 5) is 16.7. The summed E-state index contributed by atoms with van der Waals surface area (Å²) in [7, 11) is 1.38. The second kappa shape index (κ2) is 14.8. The van der Waals surface area contributed by atoms with Crippen molar-refractivity contribution >= 4 is 40.9 Å². The number of esters is 1. The Morgan fingerprint density at radius 2 is 1.67 bits per heavy atom. The molecule has 1 saturated carbocycles. The van der Waals surface area contributed by atoms with Crippen molar-refractivity contribution in [2.45, 2.75) is 38.5 Å². The van der Waals surface area contributed by atoms with Crippen LogP contribution in [0.4, 0.5) is 5.69 Å². The van der Waals surface area contributed by atoms with E-state index >= 15 is 0 Å². The maximum Gasteiger partial charge on any atom is 0.325 e. The van der Waals surface area contributed by atoms with Crippen LogP contribution in [0.1, 0.15) is 49.1 Å². The molecule has 1 aliphatic rings. The molecule has 234 valence electrons. The number of allylic oxidation sites excluding steroid dienone is 1. The van der Waals surface area contributed by atoms with E-state index in [2.05, 4.69) is 70.6 Å². The van der Waals surface area contributed by atoms with Crippen LogP contribution in [0.2, 0.25) is 10.0 Å². The number of carbonyl (C=O) groups excluding carboxylic acids is 1. The lowest BCUT2D eigenvalue weighted by Gasteiger charge is -2.17. The fourth-order valence-corrected chi connectivity index (χ4v) is 6.47. The quantitative estimate of drug-likeness (QED) is 0.153. The maximum absolute atomic E-state index is 11.7. The van der Waals surface area contributed by atoms with Gasteiger partial charge in [-0.15, -0.1) is 0 Å². The average Bonchev–Trinajstić information content (AvgIpc) is 3.50. The van der Waals surface area contributed by atoms with Crippen molar-refractivity contribution in [3.8, 4) is 28.1 Å². The molecule has 1 aromatic heterocycles. The lowest BCUT2D eigenvalue weighted by Crippen LogP contribution is -2.15. The number of rotatable bonds is 10. The van der Waals surface area contributed by atoms with Crippen molar-refractivity contribution in [1.82, 2.24) is 9.55 Å². The van der Waals surface area contributed by atoms with Gasteiger partial charge in [0.15, 0.2) is 0 Å². The van der Waals surface area contributed by atoms with E-state index in [1.54, 1.807) is 6.07 Å². The standard InChI is InChI=1S/C39H37Cl2N3O2/c1-46-39(45)25-42-33-8-5-9-34(24-33)44-26-37(35-21-20-32(40)23-36(35)41)43-38(44)22-29-14-18-31(19-15-29)30-16-12-28(13-17-30)11-10-27-6-3-2-4-7-27/h5,8-21,23-24,26-27,42H,2-4,6-7,22,25H2,1H3. The van der Waals surface area contributed by atoms with E-state index in [1.807, 2.05) is 42.6 Å². The predicted molar refractivity (Wildman–Crippen MR) is 190 cm³/mol. The number of benzene rings is 4. The fourth-order valence-electron chi connectivity index (χ4n) is 5.96. The highest BCUT2D eigenvalue weighted by molar-refractivity contribution is 6.36. The first-order valence-corrected chi connectivity index (χ1v) is 16.5. The molecule has 4 aromatic carbocycles. The monoisotopic (exact) mass is 649 g/mol. The number of carbonyl (C=O) groups is 1. The third-order valence-corrected chi connectivity index (χ3v) is 9.09. The van der Waals surface area contributed by atoms with Crippen molar-refractivity contribution < 1.29 is 9.53 Å². The van der Waals surface area contributed by atoms with Crippen LogP contribution < -0.4 is 5.32 Å². The summed E-state index contributed by atoms with van der Waals surface area (Å²) in [5.74, 6) is 1.25. The van der Waals surface area contributed by atoms with Crippen LogP contribution in [0.5, 0.6) is 0 Å². The summed E-state index contributed by atoms with van der Waals surface area (Å²) in [6.45, 7) is 0.0780. The van der Waals surface area contributed by atoms with E-state index in [0.29, 0.717) is 16.5 Å². The Kier molecular flexibility index (Phi) is 10.2. The van der Waals surface area contributed by atoms with Gasteiger partial charge in [-0.2, -0.15) is 0 Å². The van der Waals surface area contributed by atoms with E-state index in [-0.39, 0.29) is 12.5 Å². The molecule has 1 N–H and O–H groups in total. The Hall–Kier alpha value is -4.32. The van der Waals surface area contributed by atoms with Crippen LogP contribution >= 0.6 is 23.2 Å². The smallest absolute Gasteiger partial charge is 0.325 e. The Balaban J connectivity index is 1.23. The van der Waals surface area contributed by atoms with Crippen molar-refractivity contribution in [2.24, 2.45) is 5.92 Å². The second-order valence-corrected chi connectivity index (χ2v) is 12.6. The van der Waals surface area contributed by atoms with Gasteiger partial charge < -0.3 is 14.6 Å². The molecule has 6 rings (SSSR count). The van der Waals surface area contributed by atoms with Crippen LogP contribution in [0.15, 0.2) is 103 Å². The van der Waals surface area contributed by atoms with Crippen molar-refractivity contribution in [3.05, 3.63) is 130 Å². The SMILES string of the molecule is COC(=O)CNc1cccc(-n2cc(-c3ccc(Cl)cc3Cl)nc2Cc2ccc(-c3ccc(C=CC4CCCCC4)cc3)cc2)c1. The Morgan fingerprint density at radius 3 is 2.39 bits per heavy atom. The summed E-state index contributed by atoms with van der Waals surface area (Å²) < 4.78 is 6.84. The van der Waals surface area contributed by atoms with E-state index in [4.69, 9.17) is 32.9 Å². The highest BCUT2D eigenvalue weighted by Crippen LogP contribution is 2.32. The minimum Gasteiger partial charge on any atom is -0.468 e. The van der Waals surface area contributed by atoms with E-state index in [9.17, 15) is 4.79 Å². The zero-order valence-electron chi connectivity index (χ0n) is 25.9. The van der Waals surface area contributed by atoms with Gasteiger partial charge in [0.1, 0.15) is 12.4 Å². The Morgan fingerprint density at radius 1 is 0.935 bits per heavy atom. The largest absolute Gasteiger partial charge is 0.468 e.